The van der Waals surface area contributed by atoms with Crippen LogP contribution in [0.3, 0.4) is 0 Å². The summed E-state index contributed by atoms with van der Waals surface area (Å²) >= 11 is 0. The summed E-state index contributed by atoms with van der Waals surface area (Å²) in [6.45, 7) is -3.23. The molecule has 0 heterocycles. The molecule has 54 valence electrons. The van der Waals surface area contributed by atoms with Crippen LogP contribution in [0.25, 0.3) is 0 Å². The molecule has 0 rings (SSSR count). The summed E-state index contributed by atoms with van der Waals surface area (Å²) in [5.74, 6) is -2.75. The molecule has 0 amide bonds. The lowest BCUT2D eigenvalue weighted by molar-refractivity contribution is -0.139. The predicted octanol–water partition coefficient (Wildman–Crippen LogP) is 0.444. The molecule has 9 heavy (non-hydrogen) atoms. The van der Waals surface area contributed by atoms with Gasteiger partial charge in [-0.05, 0) is 5.92 Å². The molecule has 0 aliphatic rings. The van der Waals surface area contributed by atoms with Gasteiger partial charge in [-0.1, -0.05) is 20.1 Å². The third-order valence-corrected chi connectivity index (χ3v) is 0.922. The van der Waals surface area contributed by atoms with Gasteiger partial charge < -0.3 is 10.8 Å². The van der Waals surface area contributed by atoms with E-state index in [9.17, 15) is 4.79 Å². The lowest BCUT2D eigenvalue weighted by Crippen LogP contribution is -2.36. The van der Waals surface area contributed by atoms with E-state index in [-0.39, 0.29) is 0 Å². The Hall–Kier alpha value is -0.570. The molecule has 0 fully saturated rings. The van der Waals surface area contributed by atoms with Gasteiger partial charge in [-0.25, -0.2) is 0 Å². The maximum Gasteiger partial charge on any atom is 0.320 e. The Labute approximate surface area is 61.9 Å². The maximum absolute atomic E-state index is 10.5. The Morgan fingerprint density at radius 1 is 2.11 bits per heavy atom. The van der Waals surface area contributed by atoms with Crippen LogP contribution < -0.4 is 5.73 Å². The Bertz CT molecular complexity index is 201. The second-order valence-electron chi connectivity index (χ2n) is 1.63. The number of carboxylic acids is 1. The second-order valence-corrected chi connectivity index (χ2v) is 1.63. The fraction of sp³-hybridized carbons (Fsp3) is 0.833. The van der Waals surface area contributed by atoms with Crippen LogP contribution in [0.15, 0.2) is 0 Å². The average molecular weight is 136 g/mol. The van der Waals surface area contributed by atoms with Crippen molar-refractivity contribution in [1.29, 1.82) is 0 Å². The highest BCUT2D eigenvalue weighted by Crippen LogP contribution is 2.04. The van der Waals surface area contributed by atoms with Crippen molar-refractivity contribution in [2.45, 2.75) is 26.2 Å². The maximum atomic E-state index is 10.5. The van der Waals surface area contributed by atoms with E-state index in [1.54, 1.807) is 0 Å². The van der Waals surface area contributed by atoms with Crippen LogP contribution in [0, 0.1) is 5.92 Å². The highest BCUT2D eigenvalue weighted by molar-refractivity contribution is 5.73. The van der Waals surface area contributed by atoms with Crippen molar-refractivity contribution >= 4 is 5.97 Å². The largest absolute Gasteiger partial charge is 0.480 e. The van der Waals surface area contributed by atoms with Gasteiger partial charge in [-0.2, -0.15) is 0 Å². The van der Waals surface area contributed by atoms with Crippen LogP contribution >= 0.6 is 0 Å². The zero-order valence-corrected chi connectivity index (χ0v) is 4.82. The fourth-order valence-electron chi connectivity index (χ4n) is 0.284. The van der Waals surface area contributed by atoms with E-state index >= 15 is 0 Å². The molecule has 3 nitrogen and oxygen atoms in total. The van der Waals surface area contributed by atoms with Crippen LogP contribution in [0.4, 0.5) is 0 Å². The molecular formula is C6H13NO2. The van der Waals surface area contributed by atoms with E-state index < -0.39 is 38.1 Å². The quantitative estimate of drug-likeness (QED) is 0.592. The van der Waals surface area contributed by atoms with Gasteiger partial charge in [0.25, 0.3) is 0 Å². The fourth-order valence-corrected chi connectivity index (χ4v) is 0.284. The number of hydrogen-bond donors (Lipinski definition) is 2. The van der Waals surface area contributed by atoms with Gasteiger partial charge in [0.2, 0.25) is 0 Å². The number of rotatable bonds is 3. The molecule has 0 aliphatic carbocycles. The van der Waals surface area contributed by atoms with E-state index in [1.807, 2.05) is 0 Å². The van der Waals surface area contributed by atoms with Gasteiger partial charge in [-0.3, -0.25) is 4.79 Å². The number of aliphatic carboxylic acids is 1. The molecule has 0 aromatic carbocycles. The van der Waals surface area contributed by atoms with Gasteiger partial charge in [0.15, 0.2) is 0 Å². The standard InChI is InChI=1S/C6H13NO2/c1-3-4(2)5(7)6(8)9/h4-5H,3,7H2,1-2H3,(H,8,9)/t4-,5-/m0/s1/i1D2,2D2,3D/t3?,4-,5-. The molecule has 0 radical (unpaired) electrons. The zero-order chi connectivity index (χ0) is 11.5. The normalized spacial score (nSPS) is 29.0. The predicted molar refractivity (Wildman–Crippen MR) is 35.1 cm³/mol. The molecule has 3 N–H and O–H groups in total. The van der Waals surface area contributed by atoms with Gasteiger partial charge in [0, 0.05) is 6.85 Å². The number of carboxylic acid groups (broad SMARTS) is 1. The first-order valence-electron chi connectivity index (χ1n) is 5.27. The van der Waals surface area contributed by atoms with Crippen molar-refractivity contribution in [3.05, 3.63) is 0 Å². The van der Waals surface area contributed by atoms with Crippen molar-refractivity contribution < 1.29 is 16.8 Å². The van der Waals surface area contributed by atoms with Crippen molar-refractivity contribution in [3.8, 4) is 0 Å². The molecule has 0 aromatic heterocycles. The molecular weight excluding hydrogens is 118 g/mol. The van der Waals surface area contributed by atoms with E-state index in [2.05, 4.69) is 0 Å². The Morgan fingerprint density at radius 3 is 3.11 bits per heavy atom. The van der Waals surface area contributed by atoms with Crippen molar-refractivity contribution in [2.75, 3.05) is 0 Å². The van der Waals surface area contributed by atoms with Crippen molar-refractivity contribution in [2.24, 2.45) is 11.7 Å². The van der Waals surface area contributed by atoms with Crippen LogP contribution in [-0.4, -0.2) is 17.1 Å². The first-order valence-corrected chi connectivity index (χ1v) is 2.38. The molecule has 0 saturated heterocycles. The van der Waals surface area contributed by atoms with E-state index in [0.29, 0.717) is 0 Å². The summed E-state index contributed by atoms with van der Waals surface area (Å²) in [6.07, 6.45) is -1.46. The van der Waals surface area contributed by atoms with E-state index in [0.717, 1.165) is 0 Å². The average Bonchev–Trinajstić information content (AvgIpc) is 2.03. The lowest BCUT2D eigenvalue weighted by Gasteiger charge is -2.11. The third kappa shape index (κ3) is 2.46. The highest BCUT2D eigenvalue weighted by atomic mass is 16.4. The molecule has 1 unspecified atom stereocenters. The number of carbonyl (C=O) groups is 1. The summed E-state index contributed by atoms with van der Waals surface area (Å²) < 4.78 is 35.1. The first-order chi connectivity index (χ1) is 6.29. The number of hydrogen-bond acceptors (Lipinski definition) is 2. The molecule has 0 spiro atoms. The van der Waals surface area contributed by atoms with Crippen molar-refractivity contribution in [3.63, 3.8) is 0 Å². The minimum Gasteiger partial charge on any atom is -0.480 e. The Balaban J connectivity index is 4.67. The molecule has 0 aromatic rings. The van der Waals surface area contributed by atoms with E-state index in [1.165, 1.54) is 0 Å². The minimum absolute atomic E-state index is 1.33. The first kappa shape index (κ1) is 3.01. The summed E-state index contributed by atoms with van der Waals surface area (Å²) in [7, 11) is 0. The summed E-state index contributed by atoms with van der Waals surface area (Å²) in [5.41, 5.74) is 5.17. The molecule has 0 saturated carbocycles. The summed E-state index contributed by atoms with van der Waals surface area (Å²) in [6, 6.07) is -1.55. The molecule has 3 atom stereocenters. The lowest BCUT2D eigenvalue weighted by atomic mass is 10.0. The molecule has 0 bridgehead atoms. The van der Waals surface area contributed by atoms with Crippen LogP contribution in [0.5, 0.6) is 0 Å². The van der Waals surface area contributed by atoms with Gasteiger partial charge in [-0.15, -0.1) is 0 Å². The van der Waals surface area contributed by atoms with Gasteiger partial charge in [0.05, 0.1) is 0 Å². The topological polar surface area (TPSA) is 63.3 Å². The SMILES string of the molecule is [2H]C([2H])C([2H])[C@H](C([2H])[2H])[C@H](N)C(=O)O. The van der Waals surface area contributed by atoms with Crippen LogP contribution in [0.2, 0.25) is 0 Å². The molecule has 3 heteroatoms. The molecule has 0 aliphatic heterocycles. The Morgan fingerprint density at radius 2 is 2.78 bits per heavy atom. The summed E-state index contributed by atoms with van der Waals surface area (Å²) in [4.78, 5) is 10.5. The monoisotopic (exact) mass is 136 g/mol. The van der Waals surface area contributed by atoms with E-state index in [4.69, 9.17) is 17.7 Å². The smallest absolute Gasteiger partial charge is 0.320 e. The Kier molecular flexibility index (Phi) is 1.16. The van der Waals surface area contributed by atoms with Crippen molar-refractivity contribution in [1.82, 2.24) is 0 Å². The van der Waals surface area contributed by atoms with Gasteiger partial charge in [0.1, 0.15) is 6.04 Å². The summed E-state index contributed by atoms with van der Waals surface area (Å²) in [5, 5.41) is 8.53. The van der Waals surface area contributed by atoms with Gasteiger partial charge >= 0.3 is 5.97 Å². The highest BCUT2D eigenvalue weighted by Gasteiger charge is 2.17. The minimum atomic E-state index is -1.62. The third-order valence-electron chi connectivity index (χ3n) is 0.922. The zero-order valence-electron chi connectivity index (χ0n) is 9.82. The number of nitrogens with two attached hydrogens (primary N) is 1. The second kappa shape index (κ2) is 3.45. The van der Waals surface area contributed by atoms with Crippen LogP contribution in [-0.2, 0) is 4.79 Å². The van der Waals surface area contributed by atoms with Crippen LogP contribution in [0.1, 0.15) is 27.0 Å².